The second kappa shape index (κ2) is 5.54. The zero-order valence-corrected chi connectivity index (χ0v) is 11.3. The van der Waals surface area contributed by atoms with Crippen molar-refractivity contribution in [3.8, 4) is 0 Å². The highest BCUT2D eigenvalue weighted by Crippen LogP contribution is 2.37. The Morgan fingerprint density at radius 1 is 1.05 bits per heavy atom. The van der Waals surface area contributed by atoms with Gasteiger partial charge in [-0.3, -0.25) is 4.98 Å². The molecule has 1 aliphatic rings. The number of rotatable bonds is 4. The van der Waals surface area contributed by atoms with Gasteiger partial charge in [-0.1, -0.05) is 30.3 Å². The van der Waals surface area contributed by atoms with Crippen LogP contribution in [0.25, 0.3) is 0 Å². The Bertz CT molecular complexity index is 503. The van der Waals surface area contributed by atoms with Crippen molar-refractivity contribution in [2.75, 3.05) is 0 Å². The highest BCUT2D eigenvalue weighted by Gasteiger charge is 2.30. The second-order valence-electron chi connectivity index (χ2n) is 5.44. The Morgan fingerprint density at radius 3 is 2.42 bits per heavy atom. The Balaban J connectivity index is 1.52. The number of nitrogens with zero attached hydrogens (tertiary/aromatic N) is 1. The van der Waals surface area contributed by atoms with E-state index in [2.05, 4.69) is 59.7 Å². The maximum atomic E-state index is 4.07. The molecule has 0 unspecified atom stereocenters. The van der Waals surface area contributed by atoms with Gasteiger partial charge in [0.2, 0.25) is 0 Å². The fourth-order valence-corrected chi connectivity index (χ4v) is 2.85. The first-order chi connectivity index (χ1) is 9.33. The van der Waals surface area contributed by atoms with Gasteiger partial charge in [0.25, 0.3) is 0 Å². The highest BCUT2D eigenvalue weighted by molar-refractivity contribution is 5.23. The highest BCUT2D eigenvalue weighted by atomic mass is 15.0. The average molecular weight is 252 g/mol. The molecule has 0 radical (unpaired) electrons. The molecule has 0 spiro atoms. The predicted molar refractivity (Wildman–Crippen MR) is 78.0 cm³/mol. The number of aromatic nitrogens is 1. The average Bonchev–Trinajstić information content (AvgIpc) is 2.44. The third kappa shape index (κ3) is 2.85. The summed E-state index contributed by atoms with van der Waals surface area (Å²) in [6.45, 7) is 2.23. The van der Waals surface area contributed by atoms with Crippen molar-refractivity contribution in [3.63, 3.8) is 0 Å². The summed E-state index contributed by atoms with van der Waals surface area (Å²) >= 11 is 0. The molecule has 1 atom stereocenters. The van der Waals surface area contributed by atoms with Gasteiger partial charge in [-0.15, -0.1) is 0 Å². The van der Waals surface area contributed by atoms with E-state index >= 15 is 0 Å². The van der Waals surface area contributed by atoms with Gasteiger partial charge in [0.05, 0.1) is 0 Å². The van der Waals surface area contributed by atoms with Gasteiger partial charge in [-0.2, -0.15) is 0 Å². The van der Waals surface area contributed by atoms with Crippen molar-refractivity contribution in [1.82, 2.24) is 10.3 Å². The molecule has 98 valence electrons. The Morgan fingerprint density at radius 2 is 1.74 bits per heavy atom. The molecular formula is C17H20N2. The lowest BCUT2D eigenvalue weighted by Gasteiger charge is -2.38. The molecule has 1 aromatic heterocycles. The minimum Gasteiger partial charge on any atom is -0.307 e. The van der Waals surface area contributed by atoms with Crippen molar-refractivity contribution in [2.45, 2.75) is 37.8 Å². The van der Waals surface area contributed by atoms with Crippen LogP contribution in [0.4, 0.5) is 0 Å². The van der Waals surface area contributed by atoms with Crippen LogP contribution >= 0.6 is 0 Å². The lowest BCUT2D eigenvalue weighted by molar-refractivity contribution is 0.271. The van der Waals surface area contributed by atoms with Crippen LogP contribution in [-0.2, 0) is 0 Å². The summed E-state index contributed by atoms with van der Waals surface area (Å²) in [5.74, 6) is 0.739. The van der Waals surface area contributed by atoms with Gasteiger partial charge < -0.3 is 5.32 Å². The van der Waals surface area contributed by atoms with E-state index in [0.29, 0.717) is 12.1 Å². The summed E-state index contributed by atoms with van der Waals surface area (Å²) in [5, 5.41) is 3.70. The van der Waals surface area contributed by atoms with Crippen LogP contribution in [0.1, 0.15) is 42.9 Å². The molecule has 0 amide bonds. The molecule has 3 rings (SSSR count). The Labute approximate surface area is 114 Å². The van der Waals surface area contributed by atoms with E-state index in [1.54, 1.807) is 0 Å². The third-order valence-electron chi connectivity index (χ3n) is 4.10. The van der Waals surface area contributed by atoms with Crippen LogP contribution in [0, 0.1) is 0 Å². The summed E-state index contributed by atoms with van der Waals surface area (Å²) in [6, 6.07) is 16.1. The van der Waals surface area contributed by atoms with E-state index in [1.807, 2.05) is 12.4 Å². The van der Waals surface area contributed by atoms with Crippen LogP contribution < -0.4 is 5.32 Å². The number of hydrogen-bond acceptors (Lipinski definition) is 2. The van der Waals surface area contributed by atoms with Crippen LogP contribution in [0.3, 0.4) is 0 Å². The molecule has 2 heteroatoms. The standard InChI is InChI=1S/C17H20N2/c1-13(14-7-9-18-10-8-14)19-17-11-16(12-17)15-5-3-2-4-6-15/h2-10,13,16-17,19H,11-12H2,1H3/t13-,16?,17?/m1/s1. The molecule has 2 aromatic rings. The molecule has 1 N–H and O–H groups in total. The van der Waals surface area contributed by atoms with Crippen LogP contribution in [-0.4, -0.2) is 11.0 Å². The summed E-state index contributed by atoms with van der Waals surface area (Å²) in [5.41, 5.74) is 2.80. The summed E-state index contributed by atoms with van der Waals surface area (Å²) in [6.07, 6.45) is 6.22. The zero-order valence-electron chi connectivity index (χ0n) is 11.3. The lowest BCUT2D eigenvalue weighted by atomic mass is 9.75. The maximum absolute atomic E-state index is 4.07. The smallest absolute Gasteiger partial charge is 0.0295 e. The summed E-state index contributed by atoms with van der Waals surface area (Å²) in [4.78, 5) is 4.07. The van der Waals surface area contributed by atoms with E-state index in [1.165, 1.54) is 24.0 Å². The number of pyridine rings is 1. The van der Waals surface area contributed by atoms with Gasteiger partial charge in [0.15, 0.2) is 0 Å². The zero-order chi connectivity index (χ0) is 13.1. The van der Waals surface area contributed by atoms with E-state index in [9.17, 15) is 0 Å². The van der Waals surface area contributed by atoms with Gasteiger partial charge >= 0.3 is 0 Å². The first-order valence-electron chi connectivity index (χ1n) is 7.04. The number of nitrogens with one attached hydrogen (secondary N) is 1. The van der Waals surface area contributed by atoms with Crippen molar-refractivity contribution >= 4 is 0 Å². The van der Waals surface area contributed by atoms with E-state index in [-0.39, 0.29) is 0 Å². The molecule has 0 aliphatic heterocycles. The molecule has 1 aliphatic carbocycles. The van der Waals surface area contributed by atoms with Gasteiger partial charge in [0.1, 0.15) is 0 Å². The van der Waals surface area contributed by atoms with Crippen molar-refractivity contribution in [2.24, 2.45) is 0 Å². The minimum atomic E-state index is 0.407. The fraction of sp³-hybridized carbons (Fsp3) is 0.353. The molecule has 2 nitrogen and oxygen atoms in total. The third-order valence-corrected chi connectivity index (χ3v) is 4.10. The molecule has 0 saturated heterocycles. The SMILES string of the molecule is C[C@@H](NC1CC(c2ccccc2)C1)c1ccncc1. The first kappa shape index (κ1) is 12.4. The Kier molecular flexibility index (Phi) is 3.60. The lowest BCUT2D eigenvalue weighted by Crippen LogP contribution is -2.41. The van der Waals surface area contributed by atoms with Crippen molar-refractivity contribution < 1.29 is 0 Å². The van der Waals surface area contributed by atoms with E-state index < -0.39 is 0 Å². The van der Waals surface area contributed by atoms with Gasteiger partial charge in [-0.25, -0.2) is 0 Å². The Hall–Kier alpha value is -1.67. The monoisotopic (exact) mass is 252 g/mol. The molecule has 1 aromatic carbocycles. The van der Waals surface area contributed by atoms with Crippen LogP contribution in [0.5, 0.6) is 0 Å². The quantitative estimate of drug-likeness (QED) is 0.898. The minimum absolute atomic E-state index is 0.407. The molecule has 1 heterocycles. The number of benzene rings is 1. The van der Waals surface area contributed by atoms with Gasteiger partial charge in [0, 0.05) is 24.5 Å². The fourth-order valence-electron chi connectivity index (χ4n) is 2.85. The second-order valence-corrected chi connectivity index (χ2v) is 5.44. The molecule has 1 saturated carbocycles. The summed E-state index contributed by atoms with van der Waals surface area (Å²) < 4.78 is 0. The van der Waals surface area contributed by atoms with Gasteiger partial charge in [-0.05, 0) is 48.9 Å². The largest absolute Gasteiger partial charge is 0.307 e. The van der Waals surface area contributed by atoms with Crippen molar-refractivity contribution in [3.05, 3.63) is 66.0 Å². The van der Waals surface area contributed by atoms with Crippen LogP contribution in [0.2, 0.25) is 0 Å². The topological polar surface area (TPSA) is 24.9 Å². The number of hydrogen-bond donors (Lipinski definition) is 1. The first-order valence-corrected chi connectivity index (χ1v) is 7.04. The van der Waals surface area contributed by atoms with Crippen molar-refractivity contribution in [1.29, 1.82) is 0 Å². The predicted octanol–water partition coefficient (Wildman–Crippen LogP) is 3.68. The molecule has 19 heavy (non-hydrogen) atoms. The summed E-state index contributed by atoms with van der Waals surface area (Å²) in [7, 11) is 0. The van der Waals surface area contributed by atoms with E-state index in [4.69, 9.17) is 0 Å². The molecule has 0 bridgehead atoms. The van der Waals surface area contributed by atoms with Crippen LogP contribution in [0.15, 0.2) is 54.9 Å². The van der Waals surface area contributed by atoms with E-state index in [0.717, 1.165) is 5.92 Å². The molecule has 1 fully saturated rings. The maximum Gasteiger partial charge on any atom is 0.0295 e. The molecular weight excluding hydrogens is 232 g/mol. The normalized spacial score (nSPS) is 23.6.